The van der Waals surface area contributed by atoms with Crippen molar-refractivity contribution in [3.63, 3.8) is 0 Å². The first-order chi connectivity index (χ1) is 18.6. The SMILES string of the molecule is CC(=O)CC1c2cccc(F)c2N=C(N2CCn3c(cc4cc(F)ccc43)C2)N1c1cccc(C(F)(F)F)c1. The van der Waals surface area contributed by atoms with E-state index in [4.69, 9.17) is 0 Å². The average Bonchev–Trinajstić information content (AvgIpc) is 3.25. The van der Waals surface area contributed by atoms with Gasteiger partial charge in [0.1, 0.15) is 23.1 Å². The van der Waals surface area contributed by atoms with Crippen LogP contribution in [0, 0.1) is 11.6 Å². The molecule has 6 rings (SSSR count). The number of fused-ring (bicyclic) bond motifs is 4. The van der Waals surface area contributed by atoms with Crippen molar-refractivity contribution in [3.05, 3.63) is 95.2 Å². The lowest BCUT2D eigenvalue weighted by molar-refractivity contribution is -0.137. The molecule has 0 radical (unpaired) electrons. The second kappa shape index (κ2) is 9.21. The molecule has 0 spiro atoms. The van der Waals surface area contributed by atoms with Gasteiger partial charge in [0.15, 0.2) is 0 Å². The Kier molecular flexibility index (Phi) is 5.93. The van der Waals surface area contributed by atoms with E-state index < -0.39 is 23.6 Å². The number of aliphatic imine (C=N–C) groups is 1. The number of halogens is 5. The van der Waals surface area contributed by atoms with E-state index in [2.05, 4.69) is 9.56 Å². The van der Waals surface area contributed by atoms with Gasteiger partial charge in [0, 0.05) is 47.4 Å². The highest BCUT2D eigenvalue weighted by Gasteiger charge is 2.38. The van der Waals surface area contributed by atoms with Crippen molar-refractivity contribution in [2.75, 3.05) is 11.4 Å². The molecule has 3 aromatic carbocycles. The first-order valence-corrected chi connectivity index (χ1v) is 12.5. The van der Waals surface area contributed by atoms with Gasteiger partial charge in [-0.2, -0.15) is 13.2 Å². The van der Waals surface area contributed by atoms with Gasteiger partial charge in [0.25, 0.3) is 0 Å². The molecular formula is C29H23F5N4O. The van der Waals surface area contributed by atoms with Crippen LogP contribution in [0.5, 0.6) is 0 Å². The molecule has 5 nitrogen and oxygen atoms in total. The molecule has 0 aliphatic carbocycles. The van der Waals surface area contributed by atoms with Crippen LogP contribution in [0.2, 0.25) is 0 Å². The molecule has 4 aromatic rings. The van der Waals surface area contributed by atoms with E-state index in [1.807, 2.05) is 11.0 Å². The zero-order chi connectivity index (χ0) is 27.5. The summed E-state index contributed by atoms with van der Waals surface area (Å²) in [5, 5.41) is 0.734. The third kappa shape index (κ3) is 4.43. The first-order valence-electron chi connectivity index (χ1n) is 12.5. The lowest BCUT2D eigenvalue weighted by Gasteiger charge is -2.43. The largest absolute Gasteiger partial charge is 0.416 e. The molecule has 1 atom stereocenters. The smallest absolute Gasteiger partial charge is 0.341 e. The number of para-hydroxylation sites is 1. The molecule has 10 heteroatoms. The summed E-state index contributed by atoms with van der Waals surface area (Å²) in [6.07, 6.45) is -4.64. The number of alkyl halides is 3. The fourth-order valence-corrected chi connectivity index (χ4v) is 5.54. The van der Waals surface area contributed by atoms with Crippen molar-refractivity contribution in [2.24, 2.45) is 4.99 Å². The van der Waals surface area contributed by atoms with Crippen molar-refractivity contribution in [1.29, 1.82) is 0 Å². The third-order valence-electron chi connectivity index (χ3n) is 7.23. The van der Waals surface area contributed by atoms with Crippen LogP contribution in [0.4, 0.5) is 33.3 Å². The van der Waals surface area contributed by atoms with Crippen LogP contribution in [0.25, 0.3) is 10.9 Å². The maximum absolute atomic E-state index is 15.1. The topological polar surface area (TPSA) is 40.8 Å². The normalized spacial score (nSPS) is 17.2. The van der Waals surface area contributed by atoms with Gasteiger partial charge in [0.2, 0.25) is 5.96 Å². The monoisotopic (exact) mass is 538 g/mol. The van der Waals surface area contributed by atoms with Crippen LogP contribution < -0.4 is 4.90 Å². The Morgan fingerprint density at radius 2 is 1.79 bits per heavy atom. The van der Waals surface area contributed by atoms with Gasteiger partial charge in [-0.25, -0.2) is 13.8 Å². The fraction of sp³-hybridized carbons (Fsp3) is 0.241. The van der Waals surface area contributed by atoms with Crippen LogP contribution in [-0.2, 0) is 24.1 Å². The number of aromatic nitrogens is 1. The second-order valence-corrected chi connectivity index (χ2v) is 9.84. The molecule has 0 saturated heterocycles. The van der Waals surface area contributed by atoms with Crippen LogP contribution in [-0.4, -0.2) is 27.8 Å². The van der Waals surface area contributed by atoms with Crippen molar-refractivity contribution in [3.8, 4) is 0 Å². The van der Waals surface area contributed by atoms with E-state index in [0.717, 1.165) is 28.7 Å². The van der Waals surface area contributed by atoms with Crippen molar-refractivity contribution in [2.45, 2.75) is 38.7 Å². The molecule has 39 heavy (non-hydrogen) atoms. The minimum absolute atomic E-state index is 0.0565. The lowest BCUT2D eigenvalue weighted by Crippen LogP contribution is -2.50. The summed E-state index contributed by atoms with van der Waals surface area (Å²) in [4.78, 5) is 20.5. The first kappa shape index (κ1) is 25.1. The minimum Gasteiger partial charge on any atom is -0.341 e. The quantitative estimate of drug-likeness (QED) is 0.264. The fourth-order valence-electron chi connectivity index (χ4n) is 5.54. The molecule has 0 bridgehead atoms. The number of guanidine groups is 1. The Hall–Kier alpha value is -4.21. The van der Waals surface area contributed by atoms with Gasteiger partial charge in [0.05, 0.1) is 18.2 Å². The van der Waals surface area contributed by atoms with Gasteiger partial charge in [-0.15, -0.1) is 0 Å². The average molecular weight is 539 g/mol. The lowest BCUT2D eigenvalue weighted by atomic mass is 9.95. The van der Waals surface area contributed by atoms with E-state index in [9.17, 15) is 22.4 Å². The van der Waals surface area contributed by atoms with Crippen LogP contribution in [0.15, 0.2) is 71.7 Å². The highest BCUT2D eigenvalue weighted by molar-refractivity contribution is 6.01. The maximum Gasteiger partial charge on any atom is 0.416 e. The standard InChI is InChI=1S/C29H23F5N4O/c1-17(39)12-26-23-6-3-7-24(31)27(23)35-28(38(26)21-5-2-4-19(15-21)29(32,33)34)36-10-11-37-22(16-36)14-18-13-20(30)8-9-25(18)37/h2-9,13-15,26H,10-12,16H2,1H3. The van der Waals surface area contributed by atoms with Crippen LogP contribution in [0.1, 0.15) is 36.2 Å². The van der Waals surface area contributed by atoms with Crippen molar-refractivity contribution >= 4 is 34.0 Å². The molecule has 0 saturated carbocycles. The molecule has 2 aliphatic rings. The molecule has 0 N–H and O–H groups in total. The van der Waals surface area contributed by atoms with Gasteiger partial charge in [-0.05, 0) is 55.5 Å². The van der Waals surface area contributed by atoms with E-state index in [1.54, 1.807) is 17.0 Å². The van der Waals surface area contributed by atoms with Crippen LogP contribution >= 0.6 is 0 Å². The van der Waals surface area contributed by atoms with E-state index in [1.165, 1.54) is 43.3 Å². The predicted octanol–water partition coefficient (Wildman–Crippen LogP) is 6.98. The van der Waals surface area contributed by atoms with Crippen molar-refractivity contribution in [1.82, 2.24) is 9.47 Å². The van der Waals surface area contributed by atoms with Crippen LogP contribution in [0.3, 0.4) is 0 Å². The molecule has 1 unspecified atom stereocenters. The zero-order valence-electron chi connectivity index (χ0n) is 20.8. The molecule has 0 fully saturated rings. The Bertz CT molecular complexity index is 1640. The molecular weight excluding hydrogens is 515 g/mol. The van der Waals surface area contributed by atoms with Gasteiger partial charge < -0.3 is 14.4 Å². The third-order valence-corrected chi connectivity index (χ3v) is 7.23. The number of carbonyl (C=O) groups excluding carboxylic acids is 1. The Labute approximate surface area is 220 Å². The summed E-state index contributed by atoms with van der Waals surface area (Å²) >= 11 is 0. The van der Waals surface area contributed by atoms with Gasteiger partial charge in [-0.1, -0.05) is 18.2 Å². The number of anilines is 1. The summed E-state index contributed by atoms with van der Waals surface area (Å²) in [6, 6.07) is 14.9. The minimum atomic E-state index is -4.58. The van der Waals surface area contributed by atoms with Gasteiger partial charge >= 0.3 is 6.18 Å². The number of benzene rings is 3. The van der Waals surface area contributed by atoms with E-state index >= 15 is 4.39 Å². The van der Waals surface area contributed by atoms with E-state index in [0.29, 0.717) is 25.2 Å². The summed E-state index contributed by atoms with van der Waals surface area (Å²) in [6.45, 7) is 2.62. The zero-order valence-corrected chi connectivity index (χ0v) is 20.8. The Morgan fingerprint density at radius 1 is 1.00 bits per heavy atom. The summed E-state index contributed by atoms with van der Waals surface area (Å²) in [5.41, 5.74) is 1.57. The Balaban J connectivity index is 1.51. The van der Waals surface area contributed by atoms with E-state index in [-0.39, 0.29) is 35.4 Å². The molecule has 1 aromatic heterocycles. The summed E-state index contributed by atoms with van der Waals surface area (Å²) in [5.74, 6) is -0.882. The number of hydrogen-bond donors (Lipinski definition) is 0. The second-order valence-electron chi connectivity index (χ2n) is 9.84. The van der Waals surface area contributed by atoms with Gasteiger partial charge in [-0.3, -0.25) is 4.79 Å². The summed E-state index contributed by atoms with van der Waals surface area (Å²) < 4.78 is 72.1. The molecule has 0 amide bonds. The number of Topliss-reactive ketones (excluding diaryl/α,β-unsaturated/α-hetero) is 1. The highest BCUT2D eigenvalue weighted by Crippen LogP contribution is 2.43. The maximum atomic E-state index is 15.1. The molecule has 3 heterocycles. The Morgan fingerprint density at radius 3 is 2.56 bits per heavy atom. The molecule has 2 aliphatic heterocycles. The number of nitrogens with zero attached hydrogens (tertiary/aromatic N) is 4. The van der Waals surface area contributed by atoms with Crippen molar-refractivity contribution < 1.29 is 26.7 Å². The molecule has 200 valence electrons. The number of rotatable bonds is 3. The predicted molar refractivity (Wildman–Crippen MR) is 138 cm³/mol. The highest BCUT2D eigenvalue weighted by atomic mass is 19.4. The number of carbonyl (C=O) groups is 1. The number of hydrogen-bond acceptors (Lipinski definition) is 4. The number of ketones is 1. The summed E-state index contributed by atoms with van der Waals surface area (Å²) in [7, 11) is 0.